The monoisotopic (exact) mass is 634 g/mol. The summed E-state index contributed by atoms with van der Waals surface area (Å²) in [6.07, 6.45) is 0.283. The fourth-order valence-electron chi connectivity index (χ4n) is 6.07. The van der Waals surface area contributed by atoms with E-state index in [0.717, 1.165) is 36.0 Å². The molecule has 1 aliphatic carbocycles. The smallest absolute Gasteiger partial charge is 0.272 e. The maximum atomic E-state index is 6.42. The van der Waals surface area contributed by atoms with Gasteiger partial charge in [-0.05, 0) is 36.0 Å². The van der Waals surface area contributed by atoms with E-state index in [1.165, 1.54) is 0 Å². The lowest BCUT2D eigenvalue weighted by atomic mass is 9.82. The Bertz CT molecular complexity index is 1080. The maximum Gasteiger partial charge on any atom is 0.272 e. The van der Waals surface area contributed by atoms with Crippen molar-refractivity contribution in [2.45, 2.75) is 82.2 Å². The van der Waals surface area contributed by atoms with Crippen LogP contribution in [0.2, 0.25) is 0 Å². The highest BCUT2D eigenvalue weighted by Crippen LogP contribution is 2.43. The minimum atomic E-state index is -0.739. The molecule has 3 aliphatic heterocycles. The SMILES string of the molecule is c1ccc(COCCCOC2C3OC4OC2C(OCCCOCc2ccccc2)C(O4)C3OCCCOCc2ccccc2)cc1. The molecule has 0 unspecified atom stereocenters. The fourth-order valence-corrected chi connectivity index (χ4v) is 6.07. The van der Waals surface area contributed by atoms with Crippen molar-refractivity contribution in [1.82, 2.24) is 0 Å². The quantitative estimate of drug-likeness (QED) is 0.142. The molecule has 46 heavy (non-hydrogen) atoms. The third-order valence-electron chi connectivity index (χ3n) is 8.31. The zero-order valence-corrected chi connectivity index (χ0v) is 26.4. The summed E-state index contributed by atoms with van der Waals surface area (Å²) in [6.45, 7) is 4.32. The second kappa shape index (κ2) is 18.0. The second-order valence-electron chi connectivity index (χ2n) is 11.8. The largest absolute Gasteiger partial charge is 0.377 e. The molecule has 0 spiro atoms. The highest BCUT2D eigenvalue weighted by molar-refractivity contribution is 5.15. The predicted octanol–water partition coefficient (Wildman–Crippen LogP) is 5.44. The highest BCUT2D eigenvalue weighted by Gasteiger charge is 2.63. The van der Waals surface area contributed by atoms with E-state index in [9.17, 15) is 0 Å². The summed E-state index contributed by atoms with van der Waals surface area (Å²) in [5.41, 5.74) is 3.46. The first-order chi connectivity index (χ1) is 22.8. The minimum absolute atomic E-state index is 0.313. The Morgan fingerprint density at radius 2 is 0.696 bits per heavy atom. The van der Waals surface area contributed by atoms with Gasteiger partial charge in [0.2, 0.25) is 0 Å². The molecule has 1 saturated carbocycles. The van der Waals surface area contributed by atoms with Crippen molar-refractivity contribution < 1.29 is 42.6 Å². The van der Waals surface area contributed by atoms with Gasteiger partial charge in [-0.3, -0.25) is 0 Å². The average Bonchev–Trinajstić information content (AvgIpc) is 3.10. The molecule has 0 amide bonds. The molecular formula is C37H46O9. The van der Waals surface area contributed by atoms with Crippen molar-refractivity contribution in [2.24, 2.45) is 0 Å². The van der Waals surface area contributed by atoms with E-state index in [1.807, 2.05) is 54.6 Å². The van der Waals surface area contributed by atoms with Crippen LogP contribution in [0, 0.1) is 0 Å². The molecule has 0 atom stereocenters. The molecule has 4 bridgehead atoms. The Balaban J connectivity index is 0.982. The minimum Gasteiger partial charge on any atom is -0.377 e. The zero-order chi connectivity index (χ0) is 31.2. The van der Waals surface area contributed by atoms with E-state index in [4.69, 9.17) is 42.6 Å². The van der Waals surface area contributed by atoms with Gasteiger partial charge in [-0.25, -0.2) is 0 Å². The van der Waals surface area contributed by atoms with E-state index in [-0.39, 0.29) is 36.6 Å². The number of hydrogen-bond acceptors (Lipinski definition) is 9. The highest BCUT2D eigenvalue weighted by atomic mass is 16.9. The van der Waals surface area contributed by atoms with Gasteiger partial charge in [-0.15, -0.1) is 0 Å². The van der Waals surface area contributed by atoms with Crippen LogP contribution in [-0.2, 0) is 62.5 Å². The number of benzene rings is 3. The number of ether oxygens (including phenoxy) is 9. The Hall–Kier alpha value is -2.70. The molecule has 3 aromatic carbocycles. The first-order valence-corrected chi connectivity index (χ1v) is 16.5. The van der Waals surface area contributed by atoms with Gasteiger partial charge < -0.3 is 42.6 Å². The lowest BCUT2D eigenvalue weighted by molar-refractivity contribution is -0.488. The second-order valence-corrected chi connectivity index (χ2v) is 11.8. The summed E-state index contributed by atoms with van der Waals surface area (Å²) in [6, 6.07) is 30.5. The predicted molar refractivity (Wildman–Crippen MR) is 170 cm³/mol. The molecule has 0 N–H and O–H groups in total. The van der Waals surface area contributed by atoms with Crippen LogP contribution >= 0.6 is 0 Å². The molecule has 248 valence electrons. The van der Waals surface area contributed by atoms with Crippen molar-refractivity contribution in [3.05, 3.63) is 108 Å². The molecule has 9 nitrogen and oxygen atoms in total. The first-order valence-electron chi connectivity index (χ1n) is 16.5. The van der Waals surface area contributed by atoms with Crippen molar-refractivity contribution in [3.8, 4) is 0 Å². The number of rotatable bonds is 21. The van der Waals surface area contributed by atoms with Crippen LogP contribution in [0.3, 0.4) is 0 Å². The fraction of sp³-hybridized carbons (Fsp3) is 0.514. The van der Waals surface area contributed by atoms with E-state index >= 15 is 0 Å². The molecule has 4 fully saturated rings. The van der Waals surface area contributed by atoms with Crippen LogP contribution in [0.15, 0.2) is 91.0 Å². The Labute approximate surface area is 271 Å². The molecule has 4 aliphatic rings. The van der Waals surface area contributed by atoms with E-state index in [0.29, 0.717) is 59.5 Å². The van der Waals surface area contributed by atoms with E-state index in [1.54, 1.807) is 0 Å². The number of hydrogen-bond donors (Lipinski definition) is 0. The van der Waals surface area contributed by atoms with Gasteiger partial charge >= 0.3 is 0 Å². The standard InChI is InChI=1S/C37H46O9/c1-4-13-28(14-5-1)25-38-19-10-22-41-31-34-32(42-23-11-20-39-26-29-15-6-2-7-16-29)36-33(35(31)45-37(44-34)46-36)43-24-12-21-40-27-30-17-8-3-9-18-30/h1-9,13-18,31-37H,10-12,19-27H2. The van der Waals surface area contributed by atoms with Crippen molar-refractivity contribution in [2.75, 3.05) is 39.6 Å². The Morgan fingerprint density at radius 3 is 1.00 bits per heavy atom. The molecular weight excluding hydrogens is 588 g/mol. The van der Waals surface area contributed by atoms with Gasteiger partial charge in [0.25, 0.3) is 6.48 Å². The summed E-state index contributed by atoms with van der Waals surface area (Å²) in [5, 5.41) is 0. The van der Waals surface area contributed by atoms with Gasteiger partial charge in [-0.1, -0.05) is 91.0 Å². The summed E-state index contributed by atoms with van der Waals surface area (Å²) >= 11 is 0. The third kappa shape index (κ3) is 9.44. The summed E-state index contributed by atoms with van der Waals surface area (Å²) in [5.74, 6) is 0. The van der Waals surface area contributed by atoms with Gasteiger partial charge in [0.15, 0.2) is 0 Å². The van der Waals surface area contributed by atoms with Gasteiger partial charge in [0, 0.05) is 39.6 Å². The van der Waals surface area contributed by atoms with Crippen LogP contribution in [0.4, 0.5) is 0 Å². The summed E-state index contributed by atoms with van der Waals surface area (Å²) < 4.78 is 55.3. The van der Waals surface area contributed by atoms with Crippen molar-refractivity contribution in [1.29, 1.82) is 0 Å². The molecule has 0 aromatic heterocycles. The van der Waals surface area contributed by atoms with Gasteiger partial charge in [-0.2, -0.15) is 0 Å². The Morgan fingerprint density at radius 1 is 0.391 bits per heavy atom. The zero-order valence-electron chi connectivity index (χ0n) is 26.4. The molecule has 3 heterocycles. The lowest BCUT2D eigenvalue weighted by Crippen LogP contribution is -2.76. The van der Waals surface area contributed by atoms with Crippen LogP contribution < -0.4 is 0 Å². The molecule has 3 aromatic rings. The first kappa shape index (κ1) is 33.2. The topological polar surface area (TPSA) is 83.1 Å². The maximum absolute atomic E-state index is 6.42. The lowest BCUT2D eigenvalue weighted by Gasteiger charge is -2.58. The third-order valence-corrected chi connectivity index (χ3v) is 8.31. The normalized spacial score (nSPS) is 26.5. The van der Waals surface area contributed by atoms with E-state index in [2.05, 4.69) is 36.4 Å². The van der Waals surface area contributed by atoms with E-state index < -0.39 is 6.48 Å². The summed E-state index contributed by atoms with van der Waals surface area (Å²) in [4.78, 5) is 0. The van der Waals surface area contributed by atoms with Crippen LogP contribution in [0.1, 0.15) is 36.0 Å². The average molecular weight is 635 g/mol. The summed E-state index contributed by atoms with van der Waals surface area (Å²) in [7, 11) is 0. The Kier molecular flexibility index (Phi) is 13.0. The van der Waals surface area contributed by atoms with Crippen molar-refractivity contribution in [3.63, 3.8) is 0 Å². The molecule has 3 saturated heterocycles. The van der Waals surface area contributed by atoms with Crippen LogP contribution in [0.25, 0.3) is 0 Å². The van der Waals surface area contributed by atoms with Gasteiger partial charge in [0.05, 0.1) is 19.8 Å². The molecule has 7 rings (SSSR count). The van der Waals surface area contributed by atoms with Crippen LogP contribution in [0.5, 0.6) is 0 Å². The molecule has 9 heteroatoms. The van der Waals surface area contributed by atoms with Gasteiger partial charge in [0.1, 0.15) is 36.6 Å². The van der Waals surface area contributed by atoms with Crippen molar-refractivity contribution >= 4 is 0 Å². The molecule has 0 radical (unpaired) electrons. The van der Waals surface area contributed by atoms with Crippen LogP contribution in [-0.4, -0.2) is 82.7 Å².